The van der Waals surface area contributed by atoms with Crippen molar-refractivity contribution in [3.63, 3.8) is 0 Å². The number of benzene rings is 1. The summed E-state index contributed by atoms with van der Waals surface area (Å²) in [6.07, 6.45) is 0. The van der Waals surface area contributed by atoms with Crippen LogP contribution in [0.3, 0.4) is 0 Å². The molecular formula is C11H15FN2O. The number of hydrogen-bond acceptors (Lipinski definition) is 2. The van der Waals surface area contributed by atoms with Gasteiger partial charge >= 0.3 is 0 Å². The van der Waals surface area contributed by atoms with Gasteiger partial charge in [-0.2, -0.15) is 0 Å². The Kier molecular flexibility index (Phi) is 3.80. The Bertz CT molecular complexity index is 364. The van der Waals surface area contributed by atoms with Crippen molar-refractivity contribution in [2.75, 3.05) is 6.54 Å². The van der Waals surface area contributed by atoms with E-state index in [1.165, 1.54) is 12.1 Å². The summed E-state index contributed by atoms with van der Waals surface area (Å²) in [6, 6.07) is 4.37. The molecule has 0 fully saturated rings. The quantitative estimate of drug-likeness (QED) is 0.788. The number of carbonyl (C=O) groups excluding carboxylic acids is 1. The molecule has 1 amide bonds. The fourth-order valence-corrected chi connectivity index (χ4v) is 1.15. The zero-order valence-electron chi connectivity index (χ0n) is 8.88. The van der Waals surface area contributed by atoms with Crippen molar-refractivity contribution < 1.29 is 9.18 Å². The lowest BCUT2D eigenvalue weighted by molar-refractivity contribution is 0.0947. The van der Waals surface area contributed by atoms with Gasteiger partial charge < -0.3 is 11.1 Å². The maximum atomic E-state index is 13.3. The number of rotatable bonds is 3. The number of nitrogens with two attached hydrogens (primary N) is 1. The highest BCUT2D eigenvalue weighted by atomic mass is 19.1. The molecular weight excluding hydrogens is 195 g/mol. The van der Waals surface area contributed by atoms with Crippen molar-refractivity contribution in [2.45, 2.75) is 19.9 Å². The smallest absolute Gasteiger partial charge is 0.254 e. The standard InChI is InChI=1S/C11H15FN2O/c1-7-3-4-9(10(12)5-7)11(15)14-6-8(2)13/h3-5,8H,6,13H2,1-2H3,(H,14,15). The molecule has 0 saturated heterocycles. The third-order valence-electron chi connectivity index (χ3n) is 1.95. The topological polar surface area (TPSA) is 55.1 Å². The zero-order valence-corrected chi connectivity index (χ0v) is 8.88. The lowest BCUT2D eigenvalue weighted by Crippen LogP contribution is -2.35. The molecule has 0 aliphatic carbocycles. The highest BCUT2D eigenvalue weighted by molar-refractivity contribution is 5.94. The van der Waals surface area contributed by atoms with Gasteiger partial charge in [-0.1, -0.05) is 6.07 Å². The van der Waals surface area contributed by atoms with Crippen LogP contribution in [0, 0.1) is 12.7 Å². The van der Waals surface area contributed by atoms with Crippen molar-refractivity contribution in [1.29, 1.82) is 0 Å². The molecule has 0 spiro atoms. The van der Waals surface area contributed by atoms with E-state index in [4.69, 9.17) is 5.73 Å². The minimum absolute atomic E-state index is 0.0567. The second kappa shape index (κ2) is 4.89. The van der Waals surface area contributed by atoms with E-state index in [0.717, 1.165) is 5.56 Å². The molecule has 1 unspecified atom stereocenters. The first kappa shape index (κ1) is 11.7. The number of hydrogen-bond donors (Lipinski definition) is 2. The van der Waals surface area contributed by atoms with Gasteiger partial charge in [0.2, 0.25) is 0 Å². The maximum Gasteiger partial charge on any atom is 0.254 e. The van der Waals surface area contributed by atoms with Crippen LogP contribution in [0.4, 0.5) is 4.39 Å². The molecule has 4 heteroatoms. The first-order chi connectivity index (χ1) is 7.00. The van der Waals surface area contributed by atoms with Crippen molar-refractivity contribution >= 4 is 5.91 Å². The molecule has 0 aliphatic rings. The Balaban J connectivity index is 2.74. The molecule has 0 bridgehead atoms. The molecule has 15 heavy (non-hydrogen) atoms. The second-order valence-corrected chi connectivity index (χ2v) is 3.67. The van der Waals surface area contributed by atoms with E-state index in [1.54, 1.807) is 19.9 Å². The van der Waals surface area contributed by atoms with Crippen molar-refractivity contribution in [1.82, 2.24) is 5.32 Å². The predicted octanol–water partition coefficient (Wildman–Crippen LogP) is 1.21. The monoisotopic (exact) mass is 210 g/mol. The van der Waals surface area contributed by atoms with E-state index < -0.39 is 11.7 Å². The molecule has 0 heterocycles. The van der Waals surface area contributed by atoms with Crippen LogP contribution in [0.1, 0.15) is 22.8 Å². The van der Waals surface area contributed by atoms with Gasteiger partial charge in [-0.25, -0.2) is 4.39 Å². The van der Waals surface area contributed by atoms with Crippen LogP contribution in [0.5, 0.6) is 0 Å². The fourth-order valence-electron chi connectivity index (χ4n) is 1.15. The van der Waals surface area contributed by atoms with Crippen LogP contribution in [0.25, 0.3) is 0 Å². The van der Waals surface area contributed by atoms with E-state index in [1.807, 2.05) is 0 Å². The molecule has 1 aromatic rings. The van der Waals surface area contributed by atoms with Gasteiger partial charge in [0.25, 0.3) is 5.91 Å². The normalized spacial score (nSPS) is 12.3. The second-order valence-electron chi connectivity index (χ2n) is 3.67. The summed E-state index contributed by atoms with van der Waals surface area (Å²) in [5.41, 5.74) is 6.32. The molecule has 0 aliphatic heterocycles. The van der Waals surface area contributed by atoms with Gasteiger partial charge in [-0.15, -0.1) is 0 Å². The van der Waals surface area contributed by atoms with Gasteiger partial charge in [0.15, 0.2) is 0 Å². The minimum Gasteiger partial charge on any atom is -0.350 e. The molecule has 1 atom stereocenters. The molecule has 1 aromatic carbocycles. The molecule has 0 radical (unpaired) electrons. The van der Waals surface area contributed by atoms with Crippen molar-refractivity contribution in [3.05, 3.63) is 35.1 Å². The van der Waals surface area contributed by atoms with Crippen LogP contribution in [0.15, 0.2) is 18.2 Å². The van der Waals surface area contributed by atoms with E-state index in [9.17, 15) is 9.18 Å². The van der Waals surface area contributed by atoms with Crippen LogP contribution in [0.2, 0.25) is 0 Å². The number of nitrogens with one attached hydrogen (secondary N) is 1. The van der Waals surface area contributed by atoms with Crippen LogP contribution >= 0.6 is 0 Å². The van der Waals surface area contributed by atoms with E-state index in [0.29, 0.717) is 6.54 Å². The lowest BCUT2D eigenvalue weighted by Gasteiger charge is -2.08. The average molecular weight is 210 g/mol. The maximum absolute atomic E-state index is 13.3. The Labute approximate surface area is 88.5 Å². The Morgan fingerprint density at radius 1 is 1.60 bits per heavy atom. The lowest BCUT2D eigenvalue weighted by atomic mass is 10.1. The highest BCUT2D eigenvalue weighted by Gasteiger charge is 2.11. The molecule has 3 N–H and O–H groups in total. The average Bonchev–Trinajstić information content (AvgIpc) is 2.14. The number of carbonyl (C=O) groups is 1. The van der Waals surface area contributed by atoms with E-state index >= 15 is 0 Å². The molecule has 0 aromatic heterocycles. The van der Waals surface area contributed by atoms with E-state index in [2.05, 4.69) is 5.32 Å². The van der Waals surface area contributed by atoms with Crippen molar-refractivity contribution in [3.8, 4) is 0 Å². The predicted molar refractivity (Wildman–Crippen MR) is 57.1 cm³/mol. The summed E-state index contributed by atoms with van der Waals surface area (Å²) in [6.45, 7) is 3.88. The third-order valence-corrected chi connectivity index (χ3v) is 1.95. The van der Waals surface area contributed by atoms with Crippen molar-refractivity contribution in [2.24, 2.45) is 5.73 Å². The molecule has 82 valence electrons. The van der Waals surface area contributed by atoms with Gasteiger partial charge in [0.1, 0.15) is 5.82 Å². The molecule has 1 rings (SSSR count). The Morgan fingerprint density at radius 3 is 2.80 bits per heavy atom. The van der Waals surface area contributed by atoms with Gasteiger partial charge in [0.05, 0.1) is 5.56 Å². The Morgan fingerprint density at radius 2 is 2.27 bits per heavy atom. The minimum atomic E-state index is -0.503. The number of aryl methyl sites for hydroxylation is 1. The fraction of sp³-hybridized carbons (Fsp3) is 0.364. The summed E-state index contributed by atoms with van der Waals surface area (Å²) >= 11 is 0. The molecule has 3 nitrogen and oxygen atoms in total. The van der Waals surface area contributed by atoms with Crippen LogP contribution in [-0.2, 0) is 0 Å². The first-order valence-electron chi connectivity index (χ1n) is 4.80. The Hall–Kier alpha value is -1.42. The largest absolute Gasteiger partial charge is 0.350 e. The third kappa shape index (κ3) is 3.32. The van der Waals surface area contributed by atoms with Gasteiger partial charge in [-0.3, -0.25) is 4.79 Å². The summed E-state index contributed by atoms with van der Waals surface area (Å²) in [5, 5.41) is 2.55. The summed E-state index contributed by atoms with van der Waals surface area (Å²) in [5.74, 6) is -0.929. The molecule has 0 saturated carbocycles. The van der Waals surface area contributed by atoms with Gasteiger partial charge in [0, 0.05) is 12.6 Å². The van der Waals surface area contributed by atoms with Crippen LogP contribution in [-0.4, -0.2) is 18.5 Å². The number of halogens is 1. The summed E-state index contributed by atoms with van der Waals surface area (Å²) < 4.78 is 13.3. The summed E-state index contributed by atoms with van der Waals surface area (Å²) in [7, 11) is 0. The number of amides is 1. The van der Waals surface area contributed by atoms with E-state index in [-0.39, 0.29) is 11.6 Å². The van der Waals surface area contributed by atoms with Crippen LogP contribution < -0.4 is 11.1 Å². The van der Waals surface area contributed by atoms with Gasteiger partial charge in [-0.05, 0) is 31.5 Å². The SMILES string of the molecule is Cc1ccc(C(=O)NCC(C)N)c(F)c1. The zero-order chi connectivity index (χ0) is 11.4. The first-order valence-corrected chi connectivity index (χ1v) is 4.80. The summed E-state index contributed by atoms with van der Waals surface area (Å²) in [4.78, 5) is 11.5. The highest BCUT2D eigenvalue weighted by Crippen LogP contribution is 2.09.